The number of anilines is 2. The molecule has 0 radical (unpaired) electrons. The molecule has 0 saturated heterocycles. The molecule has 0 heterocycles. The van der Waals surface area contributed by atoms with E-state index in [1.807, 2.05) is 19.9 Å². The molecule has 2 rings (SSSR count). The second kappa shape index (κ2) is 5.85. The number of carbonyl (C=O) groups is 1. The minimum absolute atomic E-state index is 0.229. The van der Waals surface area contributed by atoms with E-state index in [1.54, 1.807) is 24.3 Å². The van der Waals surface area contributed by atoms with Crippen molar-refractivity contribution in [3.63, 3.8) is 0 Å². The number of aryl methyl sites for hydroxylation is 2. The number of hydrogen-bond acceptors (Lipinski definition) is 2. The van der Waals surface area contributed by atoms with Crippen molar-refractivity contribution in [1.82, 2.24) is 0 Å². The first kappa shape index (κ1) is 14.9. The van der Waals surface area contributed by atoms with Crippen molar-refractivity contribution < 1.29 is 4.79 Å². The molecule has 5 heteroatoms. The maximum absolute atomic E-state index is 12.3. The van der Waals surface area contributed by atoms with Crippen LogP contribution in [0.1, 0.15) is 21.5 Å². The summed E-state index contributed by atoms with van der Waals surface area (Å²) in [6, 6.07) is 8.87. The van der Waals surface area contributed by atoms with Gasteiger partial charge in [0.1, 0.15) is 0 Å². The molecule has 0 bridgehead atoms. The Kier molecular flexibility index (Phi) is 4.35. The lowest BCUT2D eigenvalue weighted by Gasteiger charge is -2.12. The van der Waals surface area contributed by atoms with Crippen LogP contribution in [0.4, 0.5) is 11.4 Å². The van der Waals surface area contributed by atoms with Gasteiger partial charge in [-0.1, -0.05) is 27.5 Å². The summed E-state index contributed by atoms with van der Waals surface area (Å²) in [6.07, 6.45) is 0. The second-order valence-electron chi connectivity index (χ2n) is 4.66. The Balaban J connectivity index is 2.32. The van der Waals surface area contributed by atoms with E-state index in [9.17, 15) is 4.79 Å². The van der Waals surface area contributed by atoms with E-state index in [1.165, 1.54) is 0 Å². The highest BCUT2D eigenvalue weighted by Crippen LogP contribution is 2.28. The van der Waals surface area contributed by atoms with E-state index in [-0.39, 0.29) is 5.91 Å². The van der Waals surface area contributed by atoms with E-state index in [2.05, 4.69) is 21.2 Å². The third kappa shape index (κ3) is 3.32. The fraction of sp³-hybridized carbons (Fsp3) is 0.133. The number of halogens is 2. The van der Waals surface area contributed by atoms with Gasteiger partial charge < -0.3 is 11.1 Å². The first-order chi connectivity index (χ1) is 9.36. The zero-order chi connectivity index (χ0) is 14.9. The molecule has 0 aliphatic rings. The molecule has 1 amide bonds. The number of nitrogens with two attached hydrogens (primary N) is 1. The number of nitrogen functional groups attached to an aromatic ring is 1. The maximum Gasteiger partial charge on any atom is 0.255 e. The van der Waals surface area contributed by atoms with Gasteiger partial charge in [-0.05, 0) is 55.3 Å². The van der Waals surface area contributed by atoms with Crippen LogP contribution in [0, 0.1) is 13.8 Å². The van der Waals surface area contributed by atoms with Gasteiger partial charge in [0, 0.05) is 15.1 Å². The molecular weight excluding hydrogens is 340 g/mol. The first-order valence-corrected chi connectivity index (χ1v) is 7.18. The molecular formula is C15H14BrClN2O. The molecule has 0 saturated carbocycles. The summed E-state index contributed by atoms with van der Waals surface area (Å²) in [4.78, 5) is 12.3. The van der Waals surface area contributed by atoms with Crippen LogP contribution in [-0.4, -0.2) is 5.91 Å². The molecule has 0 spiro atoms. The van der Waals surface area contributed by atoms with Gasteiger partial charge in [0.05, 0.1) is 11.4 Å². The van der Waals surface area contributed by atoms with Crippen LogP contribution in [-0.2, 0) is 0 Å². The molecule has 0 unspecified atom stereocenters. The molecule has 0 atom stereocenters. The van der Waals surface area contributed by atoms with Crippen molar-refractivity contribution in [1.29, 1.82) is 0 Å². The monoisotopic (exact) mass is 352 g/mol. The molecule has 3 nitrogen and oxygen atoms in total. The van der Waals surface area contributed by atoms with Gasteiger partial charge in [-0.15, -0.1) is 0 Å². The molecule has 0 fully saturated rings. The van der Waals surface area contributed by atoms with Gasteiger partial charge in [-0.3, -0.25) is 4.79 Å². The number of amides is 1. The van der Waals surface area contributed by atoms with Crippen molar-refractivity contribution in [3.05, 3.63) is 56.5 Å². The van der Waals surface area contributed by atoms with E-state index < -0.39 is 0 Å². The van der Waals surface area contributed by atoms with E-state index in [4.69, 9.17) is 17.3 Å². The van der Waals surface area contributed by atoms with Crippen molar-refractivity contribution in [3.8, 4) is 0 Å². The van der Waals surface area contributed by atoms with Crippen LogP contribution in [0.5, 0.6) is 0 Å². The van der Waals surface area contributed by atoms with Crippen LogP contribution in [0.2, 0.25) is 5.02 Å². The molecule has 0 aromatic heterocycles. The Morgan fingerprint density at radius 3 is 2.50 bits per heavy atom. The van der Waals surface area contributed by atoms with E-state index >= 15 is 0 Å². The lowest BCUT2D eigenvalue weighted by atomic mass is 10.1. The van der Waals surface area contributed by atoms with Crippen LogP contribution >= 0.6 is 27.5 Å². The Morgan fingerprint density at radius 2 is 1.90 bits per heavy atom. The van der Waals surface area contributed by atoms with Gasteiger partial charge in [-0.2, -0.15) is 0 Å². The van der Waals surface area contributed by atoms with Gasteiger partial charge in [-0.25, -0.2) is 0 Å². The highest BCUT2D eigenvalue weighted by molar-refractivity contribution is 9.10. The predicted octanol–water partition coefficient (Wildman–Crippen LogP) is 4.55. The standard InChI is InChI=1S/C15H14BrClN2O/c1-8-3-10(6-12(17)4-8)15(20)19-14-9(2)5-11(16)7-13(14)18/h3-7H,18H2,1-2H3,(H,19,20). The zero-order valence-electron chi connectivity index (χ0n) is 11.1. The van der Waals surface area contributed by atoms with Crippen LogP contribution in [0.3, 0.4) is 0 Å². The second-order valence-corrected chi connectivity index (χ2v) is 6.01. The highest BCUT2D eigenvalue weighted by Gasteiger charge is 2.12. The molecule has 3 N–H and O–H groups in total. The smallest absolute Gasteiger partial charge is 0.255 e. The number of benzene rings is 2. The third-order valence-electron chi connectivity index (χ3n) is 2.87. The summed E-state index contributed by atoms with van der Waals surface area (Å²) in [5.41, 5.74) is 9.41. The molecule has 20 heavy (non-hydrogen) atoms. The minimum Gasteiger partial charge on any atom is -0.397 e. The van der Waals surface area contributed by atoms with Gasteiger partial charge >= 0.3 is 0 Å². The summed E-state index contributed by atoms with van der Waals surface area (Å²) in [5.74, 6) is -0.229. The fourth-order valence-electron chi connectivity index (χ4n) is 1.99. The molecule has 0 aliphatic carbocycles. The van der Waals surface area contributed by atoms with Crippen molar-refractivity contribution in [2.75, 3.05) is 11.1 Å². The quantitative estimate of drug-likeness (QED) is 0.778. The van der Waals surface area contributed by atoms with E-state index in [0.29, 0.717) is 22.0 Å². The number of nitrogens with one attached hydrogen (secondary N) is 1. The fourth-order valence-corrected chi connectivity index (χ4v) is 2.87. The summed E-state index contributed by atoms with van der Waals surface area (Å²) in [6.45, 7) is 3.78. The Labute approximate surface area is 131 Å². The topological polar surface area (TPSA) is 55.1 Å². The summed E-state index contributed by atoms with van der Waals surface area (Å²) in [7, 11) is 0. The summed E-state index contributed by atoms with van der Waals surface area (Å²) in [5, 5.41) is 3.37. The Bertz CT molecular complexity index is 642. The third-order valence-corrected chi connectivity index (χ3v) is 3.55. The SMILES string of the molecule is Cc1cc(Cl)cc(C(=O)Nc2c(C)cc(Br)cc2N)c1. The molecule has 2 aromatic carbocycles. The normalized spacial score (nSPS) is 10.4. The van der Waals surface area contributed by atoms with Crippen molar-refractivity contribution in [2.24, 2.45) is 0 Å². The number of rotatable bonds is 2. The van der Waals surface area contributed by atoms with Crippen LogP contribution in [0.25, 0.3) is 0 Å². The molecule has 2 aromatic rings. The van der Waals surface area contributed by atoms with Crippen LogP contribution in [0.15, 0.2) is 34.8 Å². The van der Waals surface area contributed by atoms with Gasteiger partial charge in [0.2, 0.25) is 0 Å². The predicted molar refractivity (Wildman–Crippen MR) is 87.4 cm³/mol. The van der Waals surface area contributed by atoms with Gasteiger partial charge in [0.15, 0.2) is 0 Å². The zero-order valence-corrected chi connectivity index (χ0v) is 13.5. The minimum atomic E-state index is -0.229. The summed E-state index contributed by atoms with van der Waals surface area (Å²) < 4.78 is 0.879. The number of hydrogen-bond donors (Lipinski definition) is 2. The van der Waals surface area contributed by atoms with Crippen molar-refractivity contribution in [2.45, 2.75) is 13.8 Å². The average Bonchev–Trinajstić information content (AvgIpc) is 2.32. The number of carbonyl (C=O) groups excluding carboxylic acids is 1. The largest absolute Gasteiger partial charge is 0.397 e. The summed E-state index contributed by atoms with van der Waals surface area (Å²) >= 11 is 9.34. The Morgan fingerprint density at radius 1 is 1.20 bits per heavy atom. The lowest BCUT2D eigenvalue weighted by molar-refractivity contribution is 0.102. The van der Waals surface area contributed by atoms with Gasteiger partial charge in [0.25, 0.3) is 5.91 Å². The van der Waals surface area contributed by atoms with Crippen molar-refractivity contribution >= 4 is 44.8 Å². The Hall–Kier alpha value is -1.52. The maximum atomic E-state index is 12.3. The van der Waals surface area contributed by atoms with E-state index in [0.717, 1.165) is 15.6 Å². The lowest BCUT2D eigenvalue weighted by Crippen LogP contribution is -2.14. The highest BCUT2D eigenvalue weighted by atomic mass is 79.9. The molecule has 104 valence electrons. The van der Waals surface area contributed by atoms with Crippen LogP contribution < -0.4 is 11.1 Å². The average molecular weight is 354 g/mol. The molecule has 0 aliphatic heterocycles. The first-order valence-electron chi connectivity index (χ1n) is 6.01.